The minimum atomic E-state index is -0.226. The van der Waals surface area contributed by atoms with Gasteiger partial charge in [-0.05, 0) is 251 Å². The van der Waals surface area contributed by atoms with E-state index in [0.717, 1.165) is 38.5 Å². The highest BCUT2D eigenvalue weighted by molar-refractivity contribution is 5.94. The van der Waals surface area contributed by atoms with Crippen LogP contribution < -0.4 is 19.6 Å². The number of anilines is 12. The highest BCUT2D eigenvalue weighted by Gasteiger charge is 2.47. The summed E-state index contributed by atoms with van der Waals surface area (Å²) in [5.74, 6) is 0. The summed E-state index contributed by atoms with van der Waals surface area (Å²) in [6.45, 7) is 14.3. The zero-order valence-electron chi connectivity index (χ0n) is 70.2. The molecule has 0 amide bonds. The van der Waals surface area contributed by atoms with E-state index in [1.54, 1.807) is 0 Å². The smallest absolute Gasteiger partial charge is 0.0465 e. The molecule has 12 aromatic rings. The third-order valence-corrected chi connectivity index (χ3v) is 26.4. The van der Waals surface area contributed by atoms with Crippen molar-refractivity contribution in [2.24, 2.45) is 0 Å². The van der Waals surface area contributed by atoms with Crippen molar-refractivity contribution < 1.29 is 0 Å². The first-order valence-corrected chi connectivity index (χ1v) is 45.2. The van der Waals surface area contributed by atoms with E-state index in [0.29, 0.717) is 0 Å². The van der Waals surface area contributed by atoms with Gasteiger partial charge in [0, 0.05) is 84.5 Å². The van der Waals surface area contributed by atoms with Gasteiger partial charge in [-0.1, -0.05) is 341 Å². The first-order chi connectivity index (χ1) is 56.8. The van der Waals surface area contributed by atoms with Gasteiger partial charge in [-0.2, -0.15) is 0 Å². The molecule has 0 heterocycles. The summed E-state index contributed by atoms with van der Waals surface area (Å²) < 4.78 is 0. The average molecular weight is 1520 g/mol. The number of benzene rings is 12. The van der Waals surface area contributed by atoms with E-state index in [2.05, 4.69) is 352 Å². The average Bonchev–Trinajstić information content (AvgIpc) is 1.56. The SMILES string of the molecule is CCCCCCC1(CCCCCC)c2cc(N(c3ccccc3)c3ccccc3)ccc2-c2ccc(N(c3ccc4c(c3)C(CCCCCC)(CCCCCC)c3cc(N(c5ccccc5)c5ccccc5)ccc3-4)c3ccc4c(c3)C(CCCCCC)(CCCCCC)c3cc(N(c5ccccc5)c5ccccc5)ccc3-4)cc21. The van der Waals surface area contributed by atoms with Crippen molar-refractivity contribution in [2.75, 3.05) is 19.6 Å². The molecule has 115 heavy (non-hydrogen) atoms. The van der Waals surface area contributed by atoms with Crippen molar-refractivity contribution in [1.82, 2.24) is 0 Å². The first-order valence-electron chi connectivity index (χ1n) is 45.2. The zero-order chi connectivity index (χ0) is 78.8. The number of hydrogen-bond donors (Lipinski definition) is 0. The van der Waals surface area contributed by atoms with E-state index in [1.165, 1.54) is 289 Å². The molecule has 0 aromatic heterocycles. The van der Waals surface area contributed by atoms with E-state index in [1.807, 2.05) is 0 Å². The molecule has 0 saturated heterocycles. The Balaban J connectivity index is 0.974. The Morgan fingerprint density at radius 1 is 0.157 bits per heavy atom. The summed E-state index contributed by atoms with van der Waals surface area (Å²) in [5.41, 5.74) is 31.2. The number of hydrogen-bond acceptors (Lipinski definition) is 4. The number of unbranched alkanes of at least 4 members (excludes halogenated alkanes) is 18. The Morgan fingerprint density at radius 2 is 0.304 bits per heavy atom. The summed E-state index contributed by atoms with van der Waals surface area (Å²) in [7, 11) is 0. The van der Waals surface area contributed by atoms with Crippen LogP contribution in [0.3, 0.4) is 0 Å². The highest BCUT2D eigenvalue weighted by Crippen LogP contribution is 2.62. The Labute approximate surface area is 691 Å². The zero-order valence-corrected chi connectivity index (χ0v) is 70.2. The first kappa shape index (κ1) is 80.0. The Kier molecular flexibility index (Phi) is 26.5. The van der Waals surface area contributed by atoms with E-state index >= 15 is 0 Å². The predicted octanol–water partition coefficient (Wildman–Crippen LogP) is 34.2. The molecule has 0 spiro atoms. The third-order valence-electron chi connectivity index (χ3n) is 26.4. The maximum Gasteiger partial charge on any atom is 0.0465 e. The van der Waals surface area contributed by atoms with Crippen LogP contribution in [0.5, 0.6) is 0 Å². The van der Waals surface area contributed by atoms with Gasteiger partial charge in [0.15, 0.2) is 0 Å². The Bertz CT molecular complexity index is 4420. The monoisotopic (exact) mass is 1510 g/mol. The Morgan fingerprint density at radius 3 is 0.452 bits per heavy atom. The fourth-order valence-corrected chi connectivity index (χ4v) is 20.6. The normalized spacial score (nSPS) is 13.5. The second-order valence-electron chi connectivity index (χ2n) is 33.8. The second-order valence-corrected chi connectivity index (χ2v) is 33.8. The van der Waals surface area contributed by atoms with Crippen LogP contribution in [0.1, 0.15) is 268 Å². The van der Waals surface area contributed by atoms with Gasteiger partial charge in [0.05, 0.1) is 0 Å². The number of para-hydroxylation sites is 6. The van der Waals surface area contributed by atoms with Gasteiger partial charge in [0.25, 0.3) is 0 Å². The minimum Gasteiger partial charge on any atom is -0.310 e. The van der Waals surface area contributed by atoms with Crippen LogP contribution in [0.4, 0.5) is 68.2 Å². The molecule has 4 nitrogen and oxygen atoms in total. The lowest BCUT2D eigenvalue weighted by Gasteiger charge is -2.37. The molecule has 0 unspecified atom stereocenters. The summed E-state index contributed by atoms with van der Waals surface area (Å²) in [6, 6.07) is 113. The van der Waals surface area contributed by atoms with Gasteiger partial charge in [-0.3, -0.25) is 0 Å². The molecular weight excluding hydrogens is 1390 g/mol. The molecule has 3 aliphatic carbocycles. The topological polar surface area (TPSA) is 13.0 Å². The maximum atomic E-state index is 2.79. The van der Waals surface area contributed by atoms with E-state index in [9.17, 15) is 0 Å². The van der Waals surface area contributed by atoms with Crippen molar-refractivity contribution in [3.8, 4) is 33.4 Å². The van der Waals surface area contributed by atoms with Gasteiger partial charge < -0.3 is 19.6 Å². The van der Waals surface area contributed by atoms with Crippen LogP contribution in [0.2, 0.25) is 0 Å². The molecule has 0 bridgehead atoms. The van der Waals surface area contributed by atoms with Crippen LogP contribution in [0, 0.1) is 0 Å². The lowest BCUT2D eigenvalue weighted by molar-refractivity contribution is 0.401. The van der Waals surface area contributed by atoms with Crippen molar-refractivity contribution in [2.45, 2.75) is 250 Å². The maximum absolute atomic E-state index is 2.79. The summed E-state index contributed by atoms with van der Waals surface area (Å²) in [6.07, 6.45) is 35.8. The van der Waals surface area contributed by atoms with Crippen molar-refractivity contribution in [1.29, 1.82) is 0 Å². The molecule has 4 heteroatoms. The molecule has 0 saturated carbocycles. The molecule has 0 N–H and O–H groups in total. The van der Waals surface area contributed by atoms with Gasteiger partial charge in [0.1, 0.15) is 0 Å². The van der Waals surface area contributed by atoms with Crippen LogP contribution in [0.25, 0.3) is 33.4 Å². The third kappa shape index (κ3) is 16.7. The lowest BCUT2D eigenvalue weighted by atomic mass is 9.70. The molecule has 590 valence electrons. The lowest BCUT2D eigenvalue weighted by Crippen LogP contribution is -2.27. The van der Waals surface area contributed by atoms with Gasteiger partial charge in [-0.15, -0.1) is 0 Å². The van der Waals surface area contributed by atoms with Crippen LogP contribution in [-0.2, 0) is 16.2 Å². The van der Waals surface area contributed by atoms with Crippen molar-refractivity contribution >= 4 is 68.2 Å². The number of nitrogens with zero attached hydrogens (tertiary/aromatic N) is 4. The summed E-state index contributed by atoms with van der Waals surface area (Å²) >= 11 is 0. The number of fused-ring (bicyclic) bond motifs is 9. The van der Waals surface area contributed by atoms with Gasteiger partial charge >= 0.3 is 0 Å². The molecule has 0 atom stereocenters. The van der Waals surface area contributed by atoms with Gasteiger partial charge in [-0.25, -0.2) is 0 Å². The second kappa shape index (κ2) is 38.1. The molecule has 12 aromatic carbocycles. The van der Waals surface area contributed by atoms with Gasteiger partial charge in [0.2, 0.25) is 0 Å². The van der Waals surface area contributed by atoms with E-state index in [-0.39, 0.29) is 16.2 Å². The minimum absolute atomic E-state index is 0.226. The molecule has 3 aliphatic rings. The van der Waals surface area contributed by atoms with Crippen molar-refractivity contribution in [3.63, 3.8) is 0 Å². The standard InChI is InChI=1S/C111H126N4/c1-7-13-19-43-73-109(74-44-20-14-8-2)103-79-91(112(85-49-31-25-32-50-85)86-51-33-26-34-52-86)61-67-97(103)100-70-64-94(82-106(100)109)115(95-65-71-101-98-68-62-92(113(87-53-35-27-36-54-87)88-55-37-28-38-56-88)80-104(98)110(107(101)83-95,75-45-21-15-9-3)76-46-22-16-10-4)96-66-72-102-99-69-63-93(114(89-57-39-29-40-58-89)90-59-41-30-42-60-90)81-105(99)111(108(102)84-96,77-47-23-17-11-5)78-48-24-18-12-6/h25-42,49-72,79-84H,7-24,43-48,73-78H2,1-6H3. The molecule has 0 aliphatic heterocycles. The van der Waals surface area contributed by atoms with E-state index in [4.69, 9.17) is 0 Å². The predicted molar refractivity (Wildman–Crippen MR) is 496 cm³/mol. The summed E-state index contributed by atoms with van der Waals surface area (Å²) in [5, 5.41) is 0. The number of rotatable bonds is 42. The van der Waals surface area contributed by atoms with Crippen LogP contribution >= 0.6 is 0 Å². The molecule has 0 radical (unpaired) electrons. The molecular formula is C111H126N4. The summed E-state index contributed by atoms with van der Waals surface area (Å²) in [4.78, 5) is 10.3. The molecule has 15 rings (SSSR count). The van der Waals surface area contributed by atoms with Crippen molar-refractivity contribution in [3.05, 3.63) is 325 Å². The fourth-order valence-electron chi connectivity index (χ4n) is 20.6. The Hall–Kier alpha value is -10.2. The molecule has 0 fully saturated rings. The quantitative estimate of drug-likeness (QED) is 0.0354. The largest absolute Gasteiger partial charge is 0.310 e. The highest BCUT2D eigenvalue weighted by atomic mass is 15.2. The van der Waals surface area contributed by atoms with Crippen LogP contribution in [-0.4, -0.2) is 0 Å². The fraction of sp³-hybridized carbons (Fsp3) is 0.351. The van der Waals surface area contributed by atoms with Crippen LogP contribution in [0.15, 0.2) is 291 Å². The van der Waals surface area contributed by atoms with E-state index < -0.39 is 0 Å².